The van der Waals surface area contributed by atoms with Gasteiger partial charge in [-0.1, -0.05) is 26.7 Å². The molecule has 90 valence electrons. The molecule has 0 bridgehead atoms. The van der Waals surface area contributed by atoms with Crippen molar-refractivity contribution < 1.29 is 0 Å². The van der Waals surface area contributed by atoms with Crippen molar-refractivity contribution in [3.63, 3.8) is 0 Å². The van der Waals surface area contributed by atoms with Gasteiger partial charge in [-0.2, -0.15) is 0 Å². The van der Waals surface area contributed by atoms with E-state index in [4.69, 9.17) is 5.73 Å². The van der Waals surface area contributed by atoms with Crippen molar-refractivity contribution in [1.29, 1.82) is 0 Å². The Morgan fingerprint density at radius 2 is 1.67 bits per heavy atom. The van der Waals surface area contributed by atoms with Crippen LogP contribution >= 0.6 is 0 Å². The molecule has 0 amide bonds. The third-order valence-electron chi connectivity index (χ3n) is 3.55. The summed E-state index contributed by atoms with van der Waals surface area (Å²) in [5, 5.41) is 0. The zero-order valence-electron chi connectivity index (χ0n) is 10.5. The smallest absolute Gasteiger partial charge is 0.0196 e. The Balaban J connectivity index is 2.28. The zero-order valence-corrected chi connectivity index (χ0v) is 10.5. The topological polar surface area (TPSA) is 29.3 Å². The molecule has 1 aliphatic carbocycles. The second-order valence-corrected chi connectivity index (χ2v) is 5.01. The van der Waals surface area contributed by atoms with Gasteiger partial charge >= 0.3 is 0 Å². The van der Waals surface area contributed by atoms with E-state index in [2.05, 4.69) is 18.7 Å². The fourth-order valence-electron chi connectivity index (χ4n) is 2.76. The third-order valence-corrected chi connectivity index (χ3v) is 3.55. The summed E-state index contributed by atoms with van der Waals surface area (Å²) in [5.41, 5.74) is 6.30. The van der Waals surface area contributed by atoms with Crippen LogP contribution in [0.2, 0.25) is 0 Å². The van der Waals surface area contributed by atoms with Crippen molar-refractivity contribution in [2.75, 3.05) is 19.6 Å². The summed E-state index contributed by atoms with van der Waals surface area (Å²) >= 11 is 0. The minimum atomic E-state index is 0.422. The molecule has 2 nitrogen and oxygen atoms in total. The largest absolute Gasteiger partial charge is 0.326 e. The first-order valence-corrected chi connectivity index (χ1v) is 6.75. The lowest BCUT2D eigenvalue weighted by Gasteiger charge is -2.27. The van der Waals surface area contributed by atoms with Gasteiger partial charge in [0.25, 0.3) is 0 Å². The predicted molar refractivity (Wildman–Crippen MR) is 67.0 cm³/mol. The maximum atomic E-state index is 6.30. The number of nitrogens with two attached hydrogens (primary N) is 1. The lowest BCUT2D eigenvalue weighted by molar-refractivity contribution is 0.230. The fourth-order valence-corrected chi connectivity index (χ4v) is 2.76. The first-order chi connectivity index (χ1) is 7.27. The highest BCUT2D eigenvalue weighted by Gasteiger charge is 2.23. The van der Waals surface area contributed by atoms with Crippen LogP contribution in [0.1, 0.15) is 52.4 Å². The summed E-state index contributed by atoms with van der Waals surface area (Å²) in [6, 6.07) is 0.422. The maximum absolute atomic E-state index is 6.30. The standard InChI is InChI=1S/C13H28N2/c1-3-9-15(10-4-2)11-13(14)12-7-5-6-8-12/h12-13H,3-11,14H2,1-2H3. The molecule has 0 aromatic heterocycles. The van der Waals surface area contributed by atoms with Gasteiger partial charge in [0, 0.05) is 12.6 Å². The molecule has 2 heteroatoms. The van der Waals surface area contributed by atoms with Crippen LogP contribution in [0.5, 0.6) is 0 Å². The van der Waals surface area contributed by atoms with Gasteiger partial charge in [-0.25, -0.2) is 0 Å². The van der Waals surface area contributed by atoms with Gasteiger partial charge in [0.1, 0.15) is 0 Å². The first kappa shape index (κ1) is 13.0. The number of rotatable bonds is 7. The highest BCUT2D eigenvalue weighted by molar-refractivity contribution is 4.80. The van der Waals surface area contributed by atoms with Crippen LogP contribution in [0, 0.1) is 5.92 Å². The van der Waals surface area contributed by atoms with Crippen LogP contribution < -0.4 is 5.73 Å². The molecule has 0 heterocycles. The Bertz CT molecular complexity index is 147. The summed E-state index contributed by atoms with van der Waals surface area (Å²) in [5.74, 6) is 0.807. The SMILES string of the molecule is CCCN(CCC)CC(N)C1CCCC1. The van der Waals surface area contributed by atoms with Crippen LogP contribution in [0.3, 0.4) is 0 Å². The number of hydrogen-bond donors (Lipinski definition) is 1. The van der Waals surface area contributed by atoms with Gasteiger partial charge in [0.15, 0.2) is 0 Å². The maximum Gasteiger partial charge on any atom is 0.0196 e. The summed E-state index contributed by atoms with van der Waals surface area (Å²) in [7, 11) is 0. The first-order valence-electron chi connectivity index (χ1n) is 6.75. The molecule has 1 saturated carbocycles. The number of nitrogens with zero attached hydrogens (tertiary/aromatic N) is 1. The highest BCUT2D eigenvalue weighted by atomic mass is 15.1. The molecule has 1 fully saturated rings. The van der Waals surface area contributed by atoms with E-state index >= 15 is 0 Å². The summed E-state index contributed by atoms with van der Waals surface area (Å²) in [6.45, 7) is 8.06. The molecule has 0 aliphatic heterocycles. The summed E-state index contributed by atoms with van der Waals surface area (Å²) in [6.07, 6.45) is 8.04. The lowest BCUT2D eigenvalue weighted by atomic mass is 9.98. The van der Waals surface area contributed by atoms with Crippen molar-refractivity contribution in [2.24, 2.45) is 11.7 Å². The van der Waals surface area contributed by atoms with Gasteiger partial charge in [-0.15, -0.1) is 0 Å². The lowest BCUT2D eigenvalue weighted by Crippen LogP contribution is -2.42. The molecule has 1 unspecified atom stereocenters. The van der Waals surface area contributed by atoms with E-state index in [1.54, 1.807) is 0 Å². The highest BCUT2D eigenvalue weighted by Crippen LogP contribution is 2.27. The van der Waals surface area contributed by atoms with Gasteiger partial charge in [0.2, 0.25) is 0 Å². The van der Waals surface area contributed by atoms with Crippen molar-refractivity contribution >= 4 is 0 Å². The Hall–Kier alpha value is -0.0800. The molecule has 0 saturated heterocycles. The van der Waals surface area contributed by atoms with Crippen LogP contribution in [0.15, 0.2) is 0 Å². The third kappa shape index (κ3) is 4.52. The molecule has 2 N–H and O–H groups in total. The second-order valence-electron chi connectivity index (χ2n) is 5.01. The molecule has 0 aromatic rings. The molecular formula is C13H28N2. The molecule has 1 atom stereocenters. The molecule has 1 rings (SSSR count). The molecule has 0 radical (unpaired) electrons. The quantitative estimate of drug-likeness (QED) is 0.703. The average Bonchev–Trinajstić information content (AvgIpc) is 2.71. The minimum Gasteiger partial charge on any atom is -0.326 e. The van der Waals surface area contributed by atoms with Crippen molar-refractivity contribution in [1.82, 2.24) is 4.90 Å². The second kappa shape index (κ2) is 7.24. The Morgan fingerprint density at radius 1 is 1.13 bits per heavy atom. The van der Waals surface area contributed by atoms with Crippen molar-refractivity contribution in [3.8, 4) is 0 Å². The number of hydrogen-bond acceptors (Lipinski definition) is 2. The normalized spacial score (nSPS) is 20.0. The van der Waals surface area contributed by atoms with E-state index in [1.807, 2.05) is 0 Å². The fraction of sp³-hybridized carbons (Fsp3) is 1.00. The van der Waals surface area contributed by atoms with E-state index in [1.165, 1.54) is 51.6 Å². The van der Waals surface area contributed by atoms with Gasteiger partial charge in [-0.3, -0.25) is 0 Å². The zero-order chi connectivity index (χ0) is 11.1. The van der Waals surface area contributed by atoms with Gasteiger partial charge in [0.05, 0.1) is 0 Å². The van der Waals surface area contributed by atoms with Crippen LogP contribution in [-0.2, 0) is 0 Å². The van der Waals surface area contributed by atoms with Crippen molar-refractivity contribution in [2.45, 2.75) is 58.4 Å². The van der Waals surface area contributed by atoms with E-state index < -0.39 is 0 Å². The molecular weight excluding hydrogens is 184 g/mol. The predicted octanol–water partition coefficient (Wildman–Crippen LogP) is 2.63. The van der Waals surface area contributed by atoms with E-state index in [9.17, 15) is 0 Å². The Kier molecular flexibility index (Phi) is 6.26. The molecule has 15 heavy (non-hydrogen) atoms. The van der Waals surface area contributed by atoms with Crippen LogP contribution in [-0.4, -0.2) is 30.6 Å². The molecule has 1 aliphatic rings. The van der Waals surface area contributed by atoms with E-state index in [-0.39, 0.29) is 0 Å². The minimum absolute atomic E-state index is 0.422. The van der Waals surface area contributed by atoms with Gasteiger partial charge < -0.3 is 10.6 Å². The molecule has 0 aromatic carbocycles. The summed E-state index contributed by atoms with van der Waals surface area (Å²) in [4.78, 5) is 2.54. The average molecular weight is 212 g/mol. The Labute approximate surface area is 95.2 Å². The van der Waals surface area contributed by atoms with E-state index in [0.29, 0.717) is 6.04 Å². The van der Waals surface area contributed by atoms with Crippen molar-refractivity contribution in [3.05, 3.63) is 0 Å². The summed E-state index contributed by atoms with van der Waals surface area (Å²) < 4.78 is 0. The van der Waals surface area contributed by atoms with Gasteiger partial charge in [-0.05, 0) is 44.7 Å². The van der Waals surface area contributed by atoms with Crippen LogP contribution in [0.25, 0.3) is 0 Å². The van der Waals surface area contributed by atoms with Crippen LogP contribution in [0.4, 0.5) is 0 Å². The monoisotopic (exact) mass is 212 g/mol. The Morgan fingerprint density at radius 3 is 2.13 bits per heavy atom. The van der Waals surface area contributed by atoms with E-state index in [0.717, 1.165) is 12.5 Å². The molecule has 0 spiro atoms.